The topological polar surface area (TPSA) is 17.1 Å². The van der Waals surface area contributed by atoms with Crippen LogP contribution in [0.2, 0.25) is 18.1 Å². The van der Waals surface area contributed by atoms with Crippen molar-refractivity contribution in [3.05, 3.63) is 0 Å². The minimum atomic E-state index is -1.66. The molecule has 2 atom stereocenters. The van der Waals surface area contributed by atoms with E-state index in [0.717, 1.165) is 25.7 Å². The molecule has 1 nitrogen and oxygen atoms in total. The molecule has 0 radical (unpaired) electrons. The molecular weight excluding hydrogens is 392 g/mol. The highest BCUT2D eigenvalue weighted by Gasteiger charge is 2.49. The first kappa shape index (κ1) is 28.5. The van der Waals surface area contributed by atoms with Crippen LogP contribution in [0.25, 0.3) is 0 Å². The molecule has 0 N–H and O–H groups in total. The van der Waals surface area contributed by atoms with E-state index in [2.05, 4.69) is 73.8 Å². The summed E-state index contributed by atoms with van der Waals surface area (Å²) in [6.45, 7) is 20.6. The SMILES string of the molecule is CCCC[Si](C#C[C@]1(CC(C)(C)C)CC[C@@H](CC(C)(C)C)C1=O)(CCCC)CCCC. The van der Waals surface area contributed by atoms with Crippen LogP contribution in [-0.2, 0) is 4.79 Å². The molecular formula is C29H54OSi. The van der Waals surface area contributed by atoms with Gasteiger partial charge in [-0.15, -0.1) is 5.54 Å². The molecule has 0 saturated heterocycles. The number of hydrogen-bond acceptors (Lipinski definition) is 1. The van der Waals surface area contributed by atoms with E-state index < -0.39 is 13.5 Å². The van der Waals surface area contributed by atoms with Gasteiger partial charge in [-0.3, -0.25) is 4.79 Å². The maximum absolute atomic E-state index is 13.9. The zero-order chi connectivity index (χ0) is 23.8. The summed E-state index contributed by atoms with van der Waals surface area (Å²) < 4.78 is 0. The van der Waals surface area contributed by atoms with Crippen molar-refractivity contribution in [1.29, 1.82) is 0 Å². The van der Waals surface area contributed by atoms with Crippen molar-refractivity contribution < 1.29 is 4.79 Å². The second-order valence-electron chi connectivity index (χ2n) is 13.0. The number of ketones is 1. The summed E-state index contributed by atoms with van der Waals surface area (Å²) >= 11 is 0. The maximum Gasteiger partial charge on any atom is 0.153 e. The molecule has 0 amide bonds. The largest absolute Gasteiger partial charge is 0.298 e. The van der Waals surface area contributed by atoms with Crippen LogP contribution < -0.4 is 0 Å². The average Bonchev–Trinajstić information content (AvgIpc) is 2.94. The van der Waals surface area contributed by atoms with E-state index in [1.54, 1.807) is 0 Å². The Labute approximate surface area is 196 Å². The van der Waals surface area contributed by atoms with E-state index in [1.807, 2.05) is 0 Å². The van der Waals surface area contributed by atoms with E-state index in [-0.39, 0.29) is 16.7 Å². The number of carbonyl (C=O) groups is 1. The second kappa shape index (κ2) is 12.1. The van der Waals surface area contributed by atoms with Gasteiger partial charge in [0.1, 0.15) is 8.07 Å². The van der Waals surface area contributed by atoms with Crippen molar-refractivity contribution in [2.45, 2.75) is 145 Å². The van der Waals surface area contributed by atoms with Crippen LogP contribution in [0.15, 0.2) is 0 Å². The summed E-state index contributed by atoms with van der Waals surface area (Å²) in [4.78, 5) is 13.9. The van der Waals surface area contributed by atoms with E-state index in [4.69, 9.17) is 0 Å². The zero-order valence-electron chi connectivity index (χ0n) is 22.7. The normalized spacial score (nSPS) is 22.5. The third-order valence-electron chi connectivity index (χ3n) is 7.05. The van der Waals surface area contributed by atoms with Crippen molar-refractivity contribution >= 4 is 13.9 Å². The van der Waals surface area contributed by atoms with Gasteiger partial charge < -0.3 is 0 Å². The molecule has 1 aliphatic rings. The Hall–Kier alpha value is -0.553. The van der Waals surface area contributed by atoms with Gasteiger partial charge in [-0.25, -0.2) is 0 Å². The first-order valence-corrected chi connectivity index (χ1v) is 16.0. The summed E-state index contributed by atoms with van der Waals surface area (Å²) in [5, 5.41) is 0. The van der Waals surface area contributed by atoms with Crippen LogP contribution in [0.5, 0.6) is 0 Å². The fourth-order valence-corrected chi connectivity index (χ4v) is 10.3. The minimum Gasteiger partial charge on any atom is -0.298 e. The molecule has 0 bridgehead atoms. The zero-order valence-corrected chi connectivity index (χ0v) is 23.7. The summed E-state index contributed by atoms with van der Waals surface area (Å²) in [5.41, 5.74) is 3.96. The standard InChI is InChI=1S/C29H54OSi/c1-10-13-19-31(20-14-11-2,21-15-12-3)22-18-29(24-28(7,8)9)17-16-25(26(29)30)23-27(4,5)6/h25H,10-17,19-21,23-24H2,1-9H3/t25-,29-/m0/s1. The summed E-state index contributed by atoms with van der Waals surface area (Å²) in [6.07, 6.45) is 11.6. The summed E-state index contributed by atoms with van der Waals surface area (Å²) in [6, 6.07) is 4.01. The predicted octanol–water partition coefficient (Wildman–Crippen LogP) is 9.22. The molecule has 1 saturated carbocycles. The molecule has 0 aromatic rings. The van der Waals surface area contributed by atoms with Crippen molar-refractivity contribution in [2.24, 2.45) is 22.2 Å². The van der Waals surface area contributed by atoms with Gasteiger partial charge in [-0.05, 0) is 54.6 Å². The quantitative estimate of drug-likeness (QED) is 0.228. The fourth-order valence-electron chi connectivity index (χ4n) is 5.61. The minimum absolute atomic E-state index is 0.126. The molecule has 180 valence electrons. The van der Waals surface area contributed by atoms with Crippen molar-refractivity contribution in [2.75, 3.05) is 0 Å². The number of carbonyl (C=O) groups excluding carboxylic acids is 1. The number of Topliss-reactive ketones (excluding diaryl/α,β-unsaturated/α-hetero) is 1. The van der Waals surface area contributed by atoms with Crippen LogP contribution in [0, 0.1) is 33.6 Å². The maximum atomic E-state index is 13.9. The molecule has 1 aliphatic carbocycles. The molecule has 2 heteroatoms. The van der Waals surface area contributed by atoms with E-state index >= 15 is 0 Å². The van der Waals surface area contributed by atoms with Gasteiger partial charge in [0.05, 0.1) is 5.41 Å². The first-order valence-electron chi connectivity index (χ1n) is 13.4. The Kier molecular flexibility index (Phi) is 11.1. The highest BCUT2D eigenvalue weighted by Crippen LogP contribution is 2.48. The Morgan fingerprint density at radius 1 is 0.871 bits per heavy atom. The Morgan fingerprint density at radius 2 is 1.35 bits per heavy atom. The van der Waals surface area contributed by atoms with Crippen LogP contribution in [-0.4, -0.2) is 13.9 Å². The van der Waals surface area contributed by atoms with Crippen LogP contribution in [0.3, 0.4) is 0 Å². The summed E-state index contributed by atoms with van der Waals surface area (Å²) in [5.74, 6) is 4.53. The highest BCUT2D eigenvalue weighted by molar-refractivity contribution is 6.87. The number of rotatable bonds is 11. The molecule has 31 heavy (non-hydrogen) atoms. The Balaban J connectivity index is 3.37. The predicted molar refractivity (Wildman–Crippen MR) is 141 cm³/mol. The van der Waals surface area contributed by atoms with Crippen LogP contribution in [0.1, 0.15) is 127 Å². The number of unbranched alkanes of at least 4 members (excludes halogenated alkanes) is 3. The molecule has 0 aromatic heterocycles. The Bertz CT molecular complexity index is 588. The van der Waals surface area contributed by atoms with Gasteiger partial charge in [0, 0.05) is 5.92 Å². The summed E-state index contributed by atoms with van der Waals surface area (Å²) in [7, 11) is -1.66. The molecule has 1 fully saturated rings. The fraction of sp³-hybridized carbons (Fsp3) is 0.897. The van der Waals surface area contributed by atoms with Gasteiger partial charge in [0.2, 0.25) is 0 Å². The van der Waals surface area contributed by atoms with E-state index in [0.29, 0.717) is 5.78 Å². The molecule has 0 aliphatic heterocycles. The lowest BCUT2D eigenvalue weighted by Gasteiger charge is -2.32. The highest BCUT2D eigenvalue weighted by atomic mass is 28.3. The third-order valence-corrected chi connectivity index (χ3v) is 11.6. The van der Waals surface area contributed by atoms with Gasteiger partial charge in [0.15, 0.2) is 5.78 Å². The third kappa shape index (κ3) is 9.45. The monoisotopic (exact) mass is 446 g/mol. The lowest BCUT2D eigenvalue weighted by Crippen LogP contribution is -2.36. The van der Waals surface area contributed by atoms with Crippen LogP contribution >= 0.6 is 0 Å². The second-order valence-corrected chi connectivity index (χ2v) is 17.3. The van der Waals surface area contributed by atoms with E-state index in [9.17, 15) is 4.79 Å². The molecule has 1 rings (SSSR count). The number of hydrogen-bond donors (Lipinski definition) is 0. The smallest absolute Gasteiger partial charge is 0.153 e. The van der Waals surface area contributed by atoms with Crippen molar-refractivity contribution in [3.63, 3.8) is 0 Å². The van der Waals surface area contributed by atoms with Gasteiger partial charge in [-0.2, -0.15) is 0 Å². The van der Waals surface area contributed by atoms with E-state index in [1.165, 1.54) is 56.7 Å². The first-order chi connectivity index (χ1) is 14.3. The van der Waals surface area contributed by atoms with Gasteiger partial charge >= 0.3 is 0 Å². The molecule has 0 spiro atoms. The Morgan fingerprint density at radius 3 is 1.74 bits per heavy atom. The van der Waals surface area contributed by atoms with Crippen molar-refractivity contribution in [3.8, 4) is 11.5 Å². The lowest BCUT2D eigenvalue weighted by molar-refractivity contribution is -0.128. The van der Waals surface area contributed by atoms with Crippen LogP contribution in [0.4, 0.5) is 0 Å². The molecule has 0 unspecified atom stereocenters. The molecule has 0 heterocycles. The van der Waals surface area contributed by atoms with Crippen molar-refractivity contribution in [1.82, 2.24) is 0 Å². The average molecular weight is 447 g/mol. The van der Waals surface area contributed by atoms with Gasteiger partial charge in [0.25, 0.3) is 0 Å². The lowest BCUT2D eigenvalue weighted by atomic mass is 9.71. The molecule has 0 aromatic carbocycles. The van der Waals surface area contributed by atoms with Gasteiger partial charge in [-0.1, -0.05) is 107 Å².